The molecule has 0 atom stereocenters. The summed E-state index contributed by atoms with van der Waals surface area (Å²) in [4.78, 5) is 39.3. The molecule has 0 unspecified atom stereocenters. The second-order valence-corrected chi connectivity index (χ2v) is 7.41. The van der Waals surface area contributed by atoms with Gasteiger partial charge in [-0.25, -0.2) is 0 Å². The lowest BCUT2D eigenvalue weighted by Crippen LogP contribution is -2.23. The van der Waals surface area contributed by atoms with Gasteiger partial charge in [-0.1, -0.05) is 12.1 Å². The highest BCUT2D eigenvalue weighted by molar-refractivity contribution is 8.18. The molecule has 0 spiro atoms. The zero-order chi connectivity index (χ0) is 22.2. The van der Waals surface area contributed by atoms with Crippen LogP contribution in [-0.2, 0) is 14.4 Å². The Kier molecular flexibility index (Phi) is 7.45. The van der Waals surface area contributed by atoms with E-state index >= 15 is 0 Å². The summed E-state index contributed by atoms with van der Waals surface area (Å²) in [7, 11) is 0. The molecular formula is C22H21N3O5S. The highest BCUT2D eigenvalue weighted by Gasteiger charge is 2.22. The highest BCUT2D eigenvalue weighted by Crippen LogP contribution is 2.28. The van der Waals surface area contributed by atoms with Crippen molar-refractivity contribution < 1.29 is 23.9 Å². The van der Waals surface area contributed by atoms with Crippen LogP contribution in [0.5, 0.6) is 11.5 Å². The average Bonchev–Trinajstić information content (AvgIpc) is 3.07. The molecule has 3 amide bonds. The maximum Gasteiger partial charge on any atom is 0.286 e. The molecule has 9 heteroatoms. The van der Waals surface area contributed by atoms with Gasteiger partial charge in [-0.05, 0) is 66.7 Å². The molecule has 1 aliphatic rings. The predicted octanol–water partition coefficient (Wildman–Crippen LogP) is 3.21. The average molecular weight is 439 g/mol. The number of thioether (sulfide) groups is 1. The van der Waals surface area contributed by atoms with E-state index in [0.29, 0.717) is 22.9 Å². The van der Waals surface area contributed by atoms with Gasteiger partial charge in [-0.3, -0.25) is 14.4 Å². The first-order chi connectivity index (χ1) is 14.9. The summed E-state index contributed by atoms with van der Waals surface area (Å²) in [5.41, 5.74) is 1.42. The third-order valence-corrected chi connectivity index (χ3v) is 4.80. The van der Waals surface area contributed by atoms with E-state index in [9.17, 15) is 14.4 Å². The number of benzene rings is 2. The van der Waals surface area contributed by atoms with E-state index in [1.807, 2.05) is 6.92 Å². The number of anilines is 1. The van der Waals surface area contributed by atoms with Crippen molar-refractivity contribution in [2.24, 2.45) is 4.99 Å². The smallest absolute Gasteiger partial charge is 0.286 e. The molecule has 8 nitrogen and oxygen atoms in total. The van der Waals surface area contributed by atoms with Crippen molar-refractivity contribution in [2.45, 2.75) is 13.8 Å². The minimum absolute atomic E-state index is 0.143. The summed E-state index contributed by atoms with van der Waals surface area (Å²) in [5.74, 6) is 0.284. The minimum atomic E-state index is -0.403. The molecule has 0 saturated heterocycles. The number of aliphatic imine (C=N–C) groups is 1. The molecule has 0 saturated carbocycles. The number of hydrogen-bond acceptors (Lipinski definition) is 6. The first-order valence-electron chi connectivity index (χ1n) is 9.48. The molecule has 1 heterocycles. The lowest BCUT2D eigenvalue weighted by Gasteiger charge is -2.09. The lowest BCUT2D eigenvalue weighted by atomic mass is 10.2. The first kappa shape index (κ1) is 22.1. The number of carbonyl (C=O) groups is 3. The van der Waals surface area contributed by atoms with Crippen LogP contribution in [0.15, 0.2) is 58.4 Å². The zero-order valence-corrected chi connectivity index (χ0v) is 17.8. The molecule has 3 rings (SSSR count). The summed E-state index contributed by atoms with van der Waals surface area (Å²) in [6.07, 6.45) is 1.67. The van der Waals surface area contributed by atoms with E-state index in [0.717, 1.165) is 23.1 Å². The third-order valence-electron chi connectivity index (χ3n) is 3.90. The Bertz CT molecular complexity index is 1030. The molecular weight excluding hydrogens is 418 g/mol. The number of amidine groups is 1. The molecule has 1 aliphatic heterocycles. The summed E-state index contributed by atoms with van der Waals surface area (Å²) in [6, 6.07) is 14.0. The molecule has 2 aromatic carbocycles. The summed E-state index contributed by atoms with van der Waals surface area (Å²) >= 11 is 1.10. The lowest BCUT2D eigenvalue weighted by molar-refractivity contribution is -0.118. The van der Waals surface area contributed by atoms with Crippen molar-refractivity contribution in [1.82, 2.24) is 5.32 Å². The van der Waals surface area contributed by atoms with E-state index < -0.39 is 5.91 Å². The van der Waals surface area contributed by atoms with Crippen molar-refractivity contribution >= 4 is 46.4 Å². The van der Waals surface area contributed by atoms with Gasteiger partial charge >= 0.3 is 0 Å². The number of rotatable bonds is 7. The quantitative estimate of drug-likeness (QED) is 0.642. The van der Waals surface area contributed by atoms with Gasteiger partial charge in [0.1, 0.15) is 11.5 Å². The third kappa shape index (κ3) is 6.71. The zero-order valence-electron chi connectivity index (χ0n) is 17.0. The van der Waals surface area contributed by atoms with Crippen LogP contribution in [-0.4, -0.2) is 36.1 Å². The van der Waals surface area contributed by atoms with Crippen LogP contribution in [0.25, 0.3) is 6.08 Å². The largest absolute Gasteiger partial charge is 0.494 e. The number of nitrogens with zero attached hydrogens (tertiary/aromatic N) is 1. The van der Waals surface area contributed by atoms with Gasteiger partial charge < -0.3 is 20.1 Å². The Morgan fingerprint density at radius 2 is 1.65 bits per heavy atom. The number of nitrogens with one attached hydrogen (secondary N) is 2. The van der Waals surface area contributed by atoms with E-state index in [2.05, 4.69) is 15.6 Å². The Labute approximate surface area is 183 Å². The SMILES string of the molecule is CCOc1ccc(NC(=O)COc2ccc(/C=C3\SC(NC(C)=O)=NC3=O)cc2)cc1. The molecule has 0 fully saturated rings. The van der Waals surface area contributed by atoms with Crippen LogP contribution in [0, 0.1) is 0 Å². The fourth-order valence-electron chi connectivity index (χ4n) is 2.57. The highest BCUT2D eigenvalue weighted by atomic mass is 32.2. The van der Waals surface area contributed by atoms with E-state index in [1.54, 1.807) is 54.6 Å². The monoisotopic (exact) mass is 439 g/mol. The van der Waals surface area contributed by atoms with Crippen molar-refractivity contribution in [3.8, 4) is 11.5 Å². The van der Waals surface area contributed by atoms with Gasteiger partial charge in [0.15, 0.2) is 11.8 Å². The summed E-state index contributed by atoms with van der Waals surface area (Å²) in [5, 5.41) is 5.52. The van der Waals surface area contributed by atoms with Crippen LogP contribution >= 0.6 is 11.8 Å². The molecule has 160 valence electrons. The fraction of sp³-hybridized carbons (Fsp3) is 0.182. The Hall–Kier alpha value is -3.59. The minimum Gasteiger partial charge on any atom is -0.494 e. The van der Waals surface area contributed by atoms with Crippen LogP contribution in [0.1, 0.15) is 19.4 Å². The van der Waals surface area contributed by atoms with Crippen LogP contribution < -0.4 is 20.1 Å². The second-order valence-electron chi connectivity index (χ2n) is 6.38. The Morgan fingerprint density at radius 1 is 1.00 bits per heavy atom. The van der Waals surface area contributed by atoms with Gasteiger partial charge in [0.2, 0.25) is 5.91 Å². The topological polar surface area (TPSA) is 106 Å². The van der Waals surface area contributed by atoms with Gasteiger partial charge in [0.05, 0.1) is 11.5 Å². The molecule has 0 radical (unpaired) electrons. The normalized spacial score (nSPS) is 14.2. The van der Waals surface area contributed by atoms with Crippen molar-refractivity contribution in [3.05, 3.63) is 59.0 Å². The van der Waals surface area contributed by atoms with Gasteiger partial charge in [-0.15, -0.1) is 0 Å². The Balaban J connectivity index is 1.50. The van der Waals surface area contributed by atoms with Crippen LogP contribution in [0.4, 0.5) is 5.69 Å². The molecule has 2 N–H and O–H groups in total. The Morgan fingerprint density at radius 3 is 2.29 bits per heavy atom. The molecule has 2 aromatic rings. The van der Waals surface area contributed by atoms with Crippen LogP contribution in [0.2, 0.25) is 0 Å². The number of ether oxygens (including phenoxy) is 2. The van der Waals surface area contributed by atoms with Crippen molar-refractivity contribution in [1.29, 1.82) is 0 Å². The number of amides is 3. The van der Waals surface area contributed by atoms with E-state index in [1.165, 1.54) is 6.92 Å². The first-order valence-corrected chi connectivity index (χ1v) is 10.3. The van der Waals surface area contributed by atoms with Gasteiger partial charge in [0, 0.05) is 12.6 Å². The van der Waals surface area contributed by atoms with Crippen molar-refractivity contribution in [2.75, 3.05) is 18.5 Å². The van der Waals surface area contributed by atoms with Crippen LogP contribution in [0.3, 0.4) is 0 Å². The second kappa shape index (κ2) is 10.4. The molecule has 0 aromatic heterocycles. The maximum absolute atomic E-state index is 12.1. The van der Waals surface area contributed by atoms with E-state index in [4.69, 9.17) is 9.47 Å². The van der Waals surface area contributed by atoms with E-state index in [-0.39, 0.29) is 23.6 Å². The van der Waals surface area contributed by atoms with Crippen molar-refractivity contribution in [3.63, 3.8) is 0 Å². The standard InChI is InChI=1S/C22H21N3O5S/c1-3-29-17-10-6-16(7-11-17)24-20(27)13-30-18-8-4-15(5-9-18)12-19-21(28)25-22(31-19)23-14(2)26/h4-12H,3,13H2,1-2H3,(H,24,27)(H,23,25,26,28)/b19-12-. The predicted molar refractivity (Wildman–Crippen MR) is 120 cm³/mol. The van der Waals surface area contributed by atoms with Gasteiger partial charge in [-0.2, -0.15) is 4.99 Å². The summed E-state index contributed by atoms with van der Waals surface area (Å²) in [6.45, 7) is 3.70. The molecule has 0 bridgehead atoms. The maximum atomic E-state index is 12.1. The fourth-order valence-corrected chi connectivity index (χ4v) is 3.43. The molecule has 31 heavy (non-hydrogen) atoms. The van der Waals surface area contributed by atoms with Gasteiger partial charge in [0.25, 0.3) is 11.8 Å². The number of carbonyl (C=O) groups excluding carboxylic acids is 3. The molecule has 0 aliphatic carbocycles. The number of hydrogen-bond donors (Lipinski definition) is 2. The summed E-state index contributed by atoms with van der Waals surface area (Å²) < 4.78 is 10.9.